The van der Waals surface area contributed by atoms with Crippen LogP contribution in [0, 0.1) is 0 Å². The number of unbranched alkanes of at least 4 members (excludes halogenated alkanes) is 2. The largest absolute Gasteiger partial charge is 0.339 e. The molecule has 0 atom stereocenters. The second-order valence-corrected chi connectivity index (χ2v) is 10.5. The van der Waals surface area contributed by atoms with Gasteiger partial charge in [-0.2, -0.15) is 0 Å². The van der Waals surface area contributed by atoms with Gasteiger partial charge in [0.25, 0.3) is 0 Å². The molecule has 0 radical (unpaired) electrons. The minimum Gasteiger partial charge on any atom is -0.324 e. The van der Waals surface area contributed by atoms with E-state index in [0.717, 1.165) is 24.2 Å². The quantitative estimate of drug-likeness (QED) is 0.118. The van der Waals surface area contributed by atoms with Crippen molar-refractivity contribution in [2.24, 2.45) is 0 Å². The molecule has 0 aromatic carbocycles. The molecule has 0 heterocycles. The van der Waals surface area contributed by atoms with E-state index >= 15 is 0 Å². The lowest BCUT2D eigenvalue weighted by Gasteiger charge is -2.23. The van der Waals surface area contributed by atoms with Gasteiger partial charge in [0, 0.05) is 13.1 Å². The SMILES string of the molecule is O=P(O)(O)CNCCCCCNCCN(CP(=O)(O)O)CP(=O)(O)O. The van der Waals surface area contributed by atoms with Crippen LogP contribution in [0.25, 0.3) is 0 Å². The van der Waals surface area contributed by atoms with E-state index in [2.05, 4.69) is 10.6 Å². The van der Waals surface area contributed by atoms with Gasteiger partial charge in [-0.15, -0.1) is 0 Å². The van der Waals surface area contributed by atoms with Gasteiger partial charge in [-0.05, 0) is 25.9 Å². The van der Waals surface area contributed by atoms with E-state index in [9.17, 15) is 13.7 Å². The zero-order valence-corrected chi connectivity index (χ0v) is 16.5. The third-order valence-electron chi connectivity index (χ3n) is 2.90. The van der Waals surface area contributed by atoms with Crippen LogP contribution in [0.2, 0.25) is 0 Å². The molecule has 152 valence electrons. The van der Waals surface area contributed by atoms with E-state index in [1.807, 2.05) is 0 Å². The number of rotatable bonds is 15. The molecule has 0 aliphatic rings. The summed E-state index contributed by atoms with van der Waals surface area (Å²) in [5.41, 5.74) is 0. The average molecular weight is 427 g/mol. The minimum absolute atomic E-state index is 0.0834. The van der Waals surface area contributed by atoms with Gasteiger partial charge in [0.1, 0.15) is 12.6 Å². The highest BCUT2D eigenvalue weighted by Gasteiger charge is 2.25. The Morgan fingerprint density at radius 2 is 1.12 bits per heavy atom. The second-order valence-electron chi connectivity index (χ2n) is 5.64. The van der Waals surface area contributed by atoms with Crippen LogP contribution >= 0.6 is 22.8 Å². The van der Waals surface area contributed by atoms with E-state index in [0.29, 0.717) is 19.6 Å². The van der Waals surface area contributed by atoms with Gasteiger partial charge in [-0.1, -0.05) is 6.42 Å². The van der Waals surface area contributed by atoms with Gasteiger partial charge in [0.05, 0.1) is 6.29 Å². The predicted molar refractivity (Wildman–Crippen MR) is 92.2 cm³/mol. The van der Waals surface area contributed by atoms with Crippen LogP contribution in [-0.2, 0) is 13.7 Å². The Labute approximate surface area is 146 Å². The third kappa shape index (κ3) is 20.5. The van der Waals surface area contributed by atoms with Gasteiger partial charge in [0.15, 0.2) is 0 Å². The van der Waals surface area contributed by atoms with Crippen molar-refractivity contribution < 1.29 is 43.1 Å². The van der Waals surface area contributed by atoms with Crippen molar-refractivity contribution in [2.75, 3.05) is 45.0 Å². The maximum absolute atomic E-state index is 11.0. The maximum Gasteiger partial charge on any atom is 0.339 e. The molecule has 0 saturated heterocycles. The van der Waals surface area contributed by atoms with Crippen LogP contribution in [0.4, 0.5) is 0 Å². The summed E-state index contributed by atoms with van der Waals surface area (Å²) in [6.07, 6.45) is 0.560. The zero-order chi connectivity index (χ0) is 19.6. The van der Waals surface area contributed by atoms with E-state index in [4.69, 9.17) is 29.4 Å². The number of nitrogens with zero attached hydrogens (tertiary/aromatic N) is 1. The average Bonchev–Trinajstić information content (AvgIpc) is 2.35. The van der Waals surface area contributed by atoms with E-state index in [1.54, 1.807) is 0 Å². The fourth-order valence-electron chi connectivity index (χ4n) is 1.97. The van der Waals surface area contributed by atoms with E-state index < -0.39 is 35.4 Å². The normalized spacial score (nSPS) is 13.6. The lowest BCUT2D eigenvalue weighted by molar-refractivity contribution is 0.277. The van der Waals surface area contributed by atoms with Gasteiger partial charge in [0.2, 0.25) is 0 Å². The summed E-state index contributed by atoms with van der Waals surface area (Å²) in [7, 11) is -12.8. The van der Waals surface area contributed by atoms with Crippen LogP contribution in [0.1, 0.15) is 19.3 Å². The standard InChI is InChI=1S/C10H28N3O9P3/c14-23(15,16)8-12-5-3-1-2-4-11-6-7-13(9-24(17,18)19)10-25(20,21)22/h11-12H,1-10H2,(H2,14,15,16)(H2,17,18,19)(H2,20,21,22). The summed E-state index contributed by atoms with van der Waals surface area (Å²) in [4.78, 5) is 54.0. The summed E-state index contributed by atoms with van der Waals surface area (Å²) in [6, 6.07) is 0. The topological polar surface area (TPSA) is 200 Å². The molecule has 0 aromatic heterocycles. The van der Waals surface area contributed by atoms with Gasteiger partial charge in [-0.25, -0.2) is 0 Å². The molecule has 0 aliphatic carbocycles. The van der Waals surface area contributed by atoms with Gasteiger partial charge in [-0.3, -0.25) is 18.6 Å². The highest BCUT2D eigenvalue weighted by Crippen LogP contribution is 2.40. The first-order valence-corrected chi connectivity index (χ1v) is 13.0. The first-order valence-electron chi connectivity index (χ1n) is 7.56. The van der Waals surface area contributed by atoms with Crippen molar-refractivity contribution in [1.29, 1.82) is 0 Å². The molecule has 0 aromatic rings. The number of hydrogen-bond acceptors (Lipinski definition) is 6. The summed E-state index contributed by atoms with van der Waals surface area (Å²) in [6.45, 7) is 1.50. The molecule has 15 heteroatoms. The Hall–Kier alpha value is 0.330. The summed E-state index contributed by atoms with van der Waals surface area (Å²) in [5, 5.41) is 5.66. The molecular formula is C10H28N3O9P3. The van der Waals surface area contributed by atoms with Crippen LogP contribution in [0.5, 0.6) is 0 Å². The van der Waals surface area contributed by atoms with E-state index in [-0.39, 0.29) is 12.8 Å². The molecule has 0 saturated carbocycles. The molecule has 0 amide bonds. The Balaban J connectivity index is 3.79. The summed E-state index contributed by atoms with van der Waals surface area (Å²) < 4.78 is 32.5. The predicted octanol–water partition coefficient (Wildman–Crippen LogP) is -0.956. The summed E-state index contributed by atoms with van der Waals surface area (Å²) in [5.74, 6) is 0. The molecule has 0 rings (SSSR count). The second kappa shape index (κ2) is 11.9. The highest BCUT2D eigenvalue weighted by molar-refractivity contribution is 7.52. The first-order chi connectivity index (χ1) is 11.3. The molecule has 12 nitrogen and oxygen atoms in total. The van der Waals surface area contributed by atoms with Crippen molar-refractivity contribution in [1.82, 2.24) is 15.5 Å². The molecule has 25 heavy (non-hydrogen) atoms. The fourth-order valence-corrected chi connectivity index (χ4v) is 4.10. The van der Waals surface area contributed by atoms with Crippen LogP contribution in [0.15, 0.2) is 0 Å². The first kappa shape index (κ1) is 25.3. The maximum atomic E-state index is 11.0. The monoisotopic (exact) mass is 427 g/mol. The number of nitrogens with one attached hydrogen (secondary N) is 2. The van der Waals surface area contributed by atoms with E-state index in [1.165, 1.54) is 0 Å². The molecule has 0 spiro atoms. The molecule has 8 N–H and O–H groups in total. The minimum atomic E-state index is -4.40. The molecule has 0 aliphatic heterocycles. The Morgan fingerprint density at radius 1 is 0.640 bits per heavy atom. The molecule has 0 bridgehead atoms. The van der Waals surface area contributed by atoms with Crippen molar-refractivity contribution in [3.05, 3.63) is 0 Å². The lowest BCUT2D eigenvalue weighted by Crippen LogP contribution is -2.34. The number of hydrogen-bond donors (Lipinski definition) is 8. The summed E-state index contributed by atoms with van der Waals surface area (Å²) >= 11 is 0. The Kier molecular flexibility index (Phi) is 12.1. The van der Waals surface area contributed by atoms with Crippen molar-refractivity contribution in [3.63, 3.8) is 0 Å². The Morgan fingerprint density at radius 3 is 1.56 bits per heavy atom. The smallest absolute Gasteiger partial charge is 0.324 e. The van der Waals surface area contributed by atoms with Crippen molar-refractivity contribution in [2.45, 2.75) is 19.3 Å². The van der Waals surface area contributed by atoms with Crippen molar-refractivity contribution in [3.8, 4) is 0 Å². The Bertz CT molecular complexity index is 479. The zero-order valence-electron chi connectivity index (χ0n) is 13.8. The molecular weight excluding hydrogens is 399 g/mol. The lowest BCUT2D eigenvalue weighted by atomic mass is 10.2. The van der Waals surface area contributed by atoms with Gasteiger partial charge < -0.3 is 40.0 Å². The van der Waals surface area contributed by atoms with Crippen LogP contribution in [0.3, 0.4) is 0 Å². The van der Waals surface area contributed by atoms with Crippen LogP contribution < -0.4 is 10.6 Å². The van der Waals surface area contributed by atoms with Crippen molar-refractivity contribution >= 4 is 22.8 Å². The van der Waals surface area contributed by atoms with Crippen LogP contribution in [-0.4, -0.2) is 79.3 Å². The molecule has 0 unspecified atom stereocenters. The third-order valence-corrected chi connectivity index (χ3v) is 5.07. The fraction of sp³-hybridized carbons (Fsp3) is 1.00. The van der Waals surface area contributed by atoms with Gasteiger partial charge >= 0.3 is 22.8 Å². The molecule has 0 fully saturated rings. The highest BCUT2D eigenvalue weighted by atomic mass is 31.2.